The zero-order valence-electron chi connectivity index (χ0n) is 14.8. The second-order valence-corrected chi connectivity index (χ2v) is 6.55. The van der Waals surface area contributed by atoms with Gasteiger partial charge in [0.25, 0.3) is 0 Å². The Morgan fingerprint density at radius 2 is 1.89 bits per heavy atom. The number of ether oxygens (including phenoxy) is 2. The normalized spacial score (nSPS) is 10.4. The summed E-state index contributed by atoms with van der Waals surface area (Å²) in [5.41, 5.74) is 1.51. The van der Waals surface area contributed by atoms with Gasteiger partial charge in [-0.3, -0.25) is 4.79 Å². The molecule has 0 spiro atoms. The highest BCUT2D eigenvalue weighted by Gasteiger charge is 2.09. The van der Waals surface area contributed by atoms with Crippen LogP contribution in [0.5, 0.6) is 11.5 Å². The standard InChI is InChI=1S/C20H19FN2O3S/c1-25-17-5-2-3-6-18(17)26-12-4-7-19(24)23-20-22-16(13-27-20)14-8-10-15(21)11-9-14/h2-3,5-6,8-11,13H,4,7,12H2,1H3,(H,22,23,24). The lowest BCUT2D eigenvalue weighted by Crippen LogP contribution is -2.12. The summed E-state index contributed by atoms with van der Waals surface area (Å²) in [5, 5.41) is 5.12. The Labute approximate surface area is 160 Å². The Morgan fingerprint density at radius 1 is 1.15 bits per heavy atom. The lowest BCUT2D eigenvalue weighted by molar-refractivity contribution is -0.116. The number of hydrogen-bond donors (Lipinski definition) is 1. The molecule has 2 aromatic carbocycles. The van der Waals surface area contributed by atoms with Gasteiger partial charge >= 0.3 is 0 Å². The predicted molar refractivity (Wildman–Crippen MR) is 104 cm³/mol. The molecule has 0 atom stereocenters. The summed E-state index contributed by atoms with van der Waals surface area (Å²) in [6, 6.07) is 13.5. The Kier molecular flexibility index (Phi) is 6.38. The van der Waals surface area contributed by atoms with E-state index in [0.29, 0.717) is 41.8 Å². The number of carbonyl (C=O) groups is 1. The summed E-state index contributed by atoms with van der Waals surface area (Å²) >= 11 is 1.33. The van der Waals surface area contributed by atoms with Crippen LogP contribution in [0.2, 0.25) is 0 Å². The molecule has 3 rings (SSSR count). The number of carbonyl (C=O) groups excluding carboxylic acids is 1. The molecule has 0 aliphatic carbocycles. The molecule has 1 amide bonds. The molecule has 0 saturated carbocycles. The van der Waals surface area contributed by atoms with Crippen molar-refractivity contribution < 1.29 is 18.7 Å². The third kappa shape index (κ3) is 5.27. The highest BCUT2D eigenvalue weighted by molar-refractivity contribution is 7.14. The maximum atomic E-state index is 13.0. The fraction of sp³-hybridized carbons (Fsp3) is 0.200. The molecule has 0 aliphatic heterocycles. The Hall–Kier alpha value is -2.93. The maximum absolute atomic E-state index is 13.0. The van der Waals surface area contributed by atoms with Crippen LogP contribution in [0.15, 0.2) is 53.9 Å². The molecule has 1 aromatic heterocycles. The number of anilines is 1. The van der Waals surface area contributed by atoms with Crippen molar-refractivity contribution >= 4 is 22.4 Å². The summed E-state index contributed by atoms with van der Waals surface area (Å²) in [6.07, 6.45) is 0.890. The van der Waals surface area contributed by atoms with Gasteiger partial charge in [0.05, 0.1) is 19.4 Å². The van der Waals surface area contributed by atoms with E-state index in [1.165, 1.54) is 23.5 Å². The molecule has 0 aliphatic rings. The molecule has 27 heavy (non-hydrogen) atoms. The van der Waals surface area contributed by atoms with Gasteiger partial charge in [0.1, 0.15) is 5.82 Å². The fourth-order valence-electron chi connectivity index (χ4n) is 2.42. The third-order valence-corrected chi connectivity index (χ3v) is 4.52. The predicted octanol–water partition coefficient (Wildman–Crippen LogP) is 4.76. The molecule has 3 aromatic rings. The number of aromatic nitrogens is 1. The number of thiazole rings is 1. The van der Waals surface area contributed by atoms with Gasteiger partial charge in [0.15, 0.2) is 16.6 Å². The first kappa shape index (κ1) is 18.8. The Bertz CT molecular complexity index is 896. The summed E-state index contributed by atoms with van der Waals surface area (Å²) in [4.78, 5) is 16.4. The Balaban J connectivity index is 1.45. The molecule has 1 N–H and O–H groups in total. The lowest BCUT2D eigenvalue weighted by atomic mass is 10.2. The Morgan fingerprint density at radius 3 is 2.63 bits per heavy atom. The van der Waals surface area contributed by atoms with Crippen LogP contribution < -0.4 is 14.8 Å². The van der Waals surface area contributed by atoms with Gasteiger partial charge in [-0.25, -0.2) is 9.37 Å². The number of methoxy groups -OCH3 is 1. The minimum Gasteiger partial charge on any atom is -0.493 e. The third-order valence-electron chi connectivity index (χ3n) is 3.77. The number of halogens is 1. The number of hydrogen-bond acceptors (Lipinski definition) is 5. The largest absolute Gasteiger partial charge is 0.493 e. The minimum atomic E-state index is -0.294. The number of nitrogens with one attached hydrogen (secondary N) is 1. The van der Waals surface area contributed by atoms with Crippen molar-refractivity contribution in [2.45, 2.75) is 12.8 Å². The van der Waals surface area contributed by atoms with Crippen LogP contribution in [0.1, 0.15) is 12.8 Å². The number of nitrogens with zero attached hydrogens (tertiary/aromatic N) is 1. The highest BCUT2D eigenvalue weighted by atomic mass is 32.1. The second kappa shape index (κ2) is 9.14. The van der Waals surface area contributed by atoms with Gasteiger partial charge in [-0.05, 0) is 42.8 Å². The van der Waals surface area contributed by atoms with Crippen LogP contribution in [0.25, 0.3) is 11.3 Å². The number of para-hydroxylation sites is 2. The monoisotopic (exact) mass is 386 g/mol. The van der Waals surface area contributed by atoms with Crippen LogP contribution in [0.4, 0.5) is 9.52 Å². The van der Waals surface area contributed by atoms with Crippen LogP contribution >= 0.6 is 11.3 Å². The van der Waals surface area contributed by atoms with E-state index < -0.39 is 0 Å². The van der Waals surface area contributed by atoms with Crippen molar-refractivity contribution in [2.75, 3.05) is 19.0 Å². The maximum Gasteiger partial charge on any atom is 0.226 e. The summed E-state index contributed by atoms with van der Waals surface area (Å²) in [5.74, 6) is 0.902. The highest BCUT2D eigenvalue weighted by Crippen LogP contribution is 2.26. The molecule has 5 nitrogen and oxygen atoms in total. The van der Waals surface area contributed by atoms with E-state index in [4.69, 9.17) is 9.47 Å². The first-order valence-electron chi connectivity index (χ1n) is 8.43. The fourth-order valence-corrected chi connectivity index (χ4v) is 3.15. The smallest absolute Gasteiger partial charge is 0.226 e. The van der Waals surface area contributed by atoms with E-state index in [-0.39, 0.29) is 11.7 Å². The van der Waals surface area contributed by atoms with E-state index in [9.17, 15) is 9.18 Å². The molecule has 1 heterocycles. The van der Waals surface area contributed by atoms with E-state index in [0.717, 1.165) is 5.56 Å². The molecule has 140 valence electrons. The summed E-state index contributed by atoms with van der Waals surface area (Å²) in [7, 11) is 1.59. The van der Waals surface area contributed by atoms with Crippen molar-refractivity contribution in [3.05, 3.63) is 59.7 Å². The first-order valence-corrected chi connectivity index (χ1v) is 9.31. The van der Waals surface area contributed by atoms with Crippen molar-refractivity contribution in [2.24, 2.45) is 0 Å². The average molecular weight is 386 g/mol. The minimum absolute atomic E-state index is 0.126. The van der Waals surface area contributed by atoms with Gasteiger partial charge < -0.3 is 14.8 Å². The van der Waals surface area contributed by atoms with E-state index in [1.807, 2.05) is 29.6 Å². The number of rotatable bonds is 8. The van der Waals surface area contributed by atoms with Gasteiger partial charge in [-0.1, -0.05) is 12.1 Å². The number of amides is 1. The van der Waals surface area contributed by atoms with Crippen LogP contribution in [-0.2, 0) is 4.79 Å². The van der Waals surface area contributed by atoms with Gasteiger partial charge in [0, 0.05) is 17.4 Å². The number of benzene rings is 2. The van der Waals surface area contributed by atoms with Crippen molar-refractivity contribution in [3.63, 3.8) is 0 Å². The van der Waals surface area contributed by atoms with E-state index >= 15 is 0 Å². The van der Waals surface area contributed by atoms with Crippen LogP contribution in [0.3, 0.4) is 0 Å². The molecule has 7 heteroatoms. The molecule has 0 bridgehead atoms. The van der Waals surface area contributed by atoms with Gasteiger partial charge in [-0.15, -0.1) is 11.3 Å². The van der Waals surface area contributed by atoms with Crippen molar-refractivity contribution in [1.82, 2.24) is 4.98 Å². The van der Waals surface area contributed by atoms with Crippen molar-refractivity contribution in [1.29, 1.82) is 0 Å². The lowest BCUT2D eigenvalue weighted by Gasteiger charge is -2.09. The quantitative estimate of drug-likeness (QED) is 0.567. The van der Waals surface area contributed by atoms with E-state index in [2.05, 4.69) is 10.3 Å². The topological polar surface area (TPSA) is 60.5 Å². The summed E-state index contributed by atoms with van der Waals surface area (Å²) in [6.45, 7) is 0.409. The van der Waals surface area contributed by atoms with E-state index in [1.54, 1.807) is 19.2 Å². The molecular formula is C20H19FN2O3S. The molecule has 0 fully saturated rings. The zero-order valence-corrected chi connectivity index (χ0v) is 15.6. The SMILES string of the molecule is COc1ccccc1OCCCC(=O)Nc1nc(-c2ccc(F)cc2)cs1. The van der Waals surface area contributed by atoms with Gasteiger partial charge in [-0.2, -0.15) is 0 Å². The van der Waals surface area contributed by atoms with Crippen LogP contribution in [-0.4, -0.2) is 24.6 Å². The zero-order chi connectivity index (χ0) is 19.1. The van der Waals surface area contributed by atoms with Gasteiger partial charge in [0.2, 0.25) is 5.91 Å². The molecule has 0 radical (unpaired) electrons. The van der Waals surface area contributed by atoms with Crippen molar-refractivity contribution in [3.8, 4) is 22.8 Å². The first-order chi connectivity index (χ1) is 13.2. The average Bonchev–Trinajstić information content (AvgIpc) is 3.14. The molecular weight excluding hydrogens is 367 g/mol. The molecule has 0 saturated heterocycles. The second-order valence-electron chi connectivity index (χ2n) is 5.70. The summed E-state index contributed by atoms with van der Waals surface area (Å²) < 4.78 is 23.9. The van der Waals surface area contributed by atoms with Crippen LogP contribution in [0, 0.1) is 5.82 Å². The molecule has 0 unspecified atom stereocenters.